The minimum atomic E-state index is -1.31. The summed E-state index contributed by atoms with van der Waals surface area (Å²) in [6, 6.07) is 0. The Morgan fingerprint density at radius 2 is 1.07 bits per heavy atom. The van der Waals surface area contributed by atoms with Gasteiger partial charge in [-0.15, -0.1) is 0 Å². The molecular formula is C24H42K2O4. The van der Waals surface area contributed by atoms with Crippen LogP contribution in [0.4, 0.5) is 0 Å². The van der Waals surface area contributed by atoms with Crippen molar-refractivity contribution in [3.63, 3.8) is 0 Å². The van der Waals surface area contributed by atoms with Gasteiger partial charge in [-0.1, -0.05) is 96.1 Å². The first-order valence-electron chi connectivity index (χ1n) is 11.6. The largest absolute Gasteiger partial charge is 1.00 e. The zero-order valence-corrected chi connectivity index (χ0v) is 26.3. The molecular weight excluding hydrogens is 430 g/mol. The van der Waals surface area contributed by atoms with Gasteiger partial charge in [-0.25, -0.2) is 0 Å². The number of carboxylic acids is 2. The topological polar surface area (TPSA) is 80.3 Å². The summed E-state index contributed by atoms with van der Waals surface area (Å²) in [5.41, 5.74) is 0. The first kappa shape index (κ1) is 36.5. The van der Waals surface area contributed by atoms with E-state index in [-0.39, 0.29) is 103 Å². The zero-order valence-electron chi connectivity index (χ0n) is 20.1. The van der Waals surface area contributed by atoms with Crippen LogP contribution in [0.15, 0.2) is 12.2 Å². The van der Waals surface area contributed by atoms with E-state index in [0.29, 0.717) is 6.42 Å². The minimum absolute atomic E-state index is 0. The maximum Gasteiger partial charge on any atom is 1.00 e. The predicted octanol–water partition coefficient (Wildman–Crippen LogP) is -1.29. The van der Waals surface area contributed by atoms with Crippen molar-refractivity contribution >= 4 is 11.9 Å². The van der Waals surface area contributed by atoms with Gasteiger partial charge in [0, 0.05) is 17.9 Å². The molecule has 0 saturated carbocycles. The van der Waals surface area contributed by atoms with Crippen LogP contribution in [0.2, 0.25) is 0 Å². The van der Waals surface area contributed by atoms with Crippen LogP contribution >= 0.6 is 0 Å². The second-order valence-corrected chi connectivity index (χ2v) is 8.03. The van der Waals surface area contributed by atoms with Crippen LogP contribution in [0.3, 0.4) is 0 Å². The number of hydrogen-bond donors (Lipinski definition) is 0. The van der Waals surface area contributed by atoms with Crippen LogP contribution in [-0.4, -0.2) is 11.9 Å². The first-order chi connectivity index (χ1) is 13.6. The molecule has 0 aliphatic carbocycles. The number of aliphatic carboxylic acids is 2. The molecule has 0 aliphatic rings. The normalized spacial score (nSPS) is 11.6. The molecule has 164 valence electrons. The van der Waals surface area contributed by atoms with E-state index >= 15 is 0 Å². The van der Waals surface area contributed by atoms with Crippen molar-refractivity contribution < 1.29 is 123 Å². The van der Waals surface area contributed by atoms with Crippen molar-refractivity contribution in [2.75, 3.05) is 0 Å². The van der Waals surface area contributed by atoms with E-state index in [0.717, 1.165) is 19.3 Å². The summed E-state index contributed by atoms with van der Waals surface area (Å²) in [7, 11) is 0. The van der Waals surface area contributed by atoms with Gasteiger partial charge >= 0.3 is 103 Å². The van der Waals surface area contributed by atoms with Crippen LogP contribution in [0.25, 0.3) is 0 Å². The third-order valence-corrected chi connectivity index (χ3v) is 5.31. The van der Waals surface area contributed by atoms with Crippen molar-refractivity contribution in [2.45, 2.75) is 122 Å². The maximum atomic E-state index is 10.8. The Morgan fingerprint density at radius 1 is 0.667 bits per heavy atom. The van der Waals surface area contributed by atoms with Crippen LogP contribution in [0, 0.1) is 5.92 Å². The van der Waals surface area contributed by atoms with E-state index in [4.69, 9.17) is 0 Å². The van der Waals surface area contributed by atoms with Gasteiger partial charge in [-0.3, -0.25) is 0 Å². The fourth-order valence-electron chi connectivity index (χ4n) is 3.50. The average Bonchev–Trinajstić information content (AvgIpc) is 2.65. The molecule has 1 unspecified atom stereocenters. The Hall–Kier alpha value is 1.95. The molecule has 0 fully saturated rings. The molecule has 4 nitrogen and oxygen atoms in total. The summed E-state index contributed by atoms with van der Waals surface area (Å²) in [6.07, 6.45) is 24.2. The Kier molecular flexibility index (Phi) is 35.3. The van der Waals surface area contributed by atoms with Crippen LogP contribution < -0.4 is 113 Å². The Morgan fingerprint density at radius 3 is 1.47 bits per heavy atom. The van der Waals surface area contributed by atoms with Crippen LogP contribution in [-0.2, 0) is 9.59 Å². The molecule has 6 heteroatoms. The van der Waals surface area contributed by atoms with E-state index in [9.17, 15) is 19.8 Å². The summed E-state index contributed by atoms with van der Waals surface area (Å²) in [6.45, 7) is 2.25. The number of rotatable bonds is 21. The summed E-state index contributed by atoms with van der Waals surface area (Å²) < 4.78 is 0. The summed E-state index contributed by atoms with van der Waals surface area (Å²) in [5, 5.41) is 21.3. The average molecular weight is 473 g/mol. The quantitative estimate of drug-likeness (QED) is 0.118. The molecule has 0 bridgehead atoms. The fraction of sp³-hybridized carbons (Fsp3) is 0.833. The molecule has 0 aromatic heterocycles. The second-order valence-electron chi connectivity index (χ2n) is 8.03. The number of hydrogen-bond acceptors (Lipinski definition) is 4. The summed E-state index contributed by atoms with van der Waals surface area (Å²) in [5.74, 6) is -3.49. The van der Waals surface area contributed by atoms with Gasteiger partial charge in [-0.2, -0.15) is 0 Å². The van der Waals surface area contributed by atoms with Gasteiger partial charge in [0.05, 0.1) is 0 Å². The van der Waals surface area contributed by atoms with Crippen LogP contribution in [0.1, 0.15) is 122 Å². The zero-order chi connectivity index (χ0) is 20.9. The Labute approximate surface area is 270 Å². The van der Waals surface area contributed by atoms with Crippen LogP contribution in [0.5, 0.6) is 0 Å². The van der Waals surface area contributed by atoms with Crippen molar-refractivity contribution in [1.29, 1.82) is 0 Å². The van der Waals surface area contributed by atoms with E-state index in [2.05, 4.69) is 19.1 Å². The second kappa shape index (κ2) is 29.0. The first-order valence-corrected chi connectivity index (χ1v) is 11.6. The monoisotopic (exact) mass is 472 g/mol. The summed E-state index contributed by atoms with van der Waals surface area (Å²) >= 11 is 0. The number of carbonyl (C=O) groups excluding carboxylic acids is 2. The van der Waals surface area contributed by atoms with Gasteiger partial charge in [0.25, 0.3) is 0 Å². The minimum Gasteiger partial charge on any atom is -0.550 e. The van der Waals surface area contributed by atoms with Crippen molar-refractivity contribution in [3.8, 4) is 0 Å². The number of unbranched alkanes of at least 4 members (excludes halogenated alkanes) is 14. The van der Waals surface area contributed by atoms with Crippen molar-refractivity contribution in [1.82, 2.24) is 0 Å². The molecule has 0 aliphatic heterocycles. The number of carboxylic acid groups (broad SMARTS) is 2. The molecule has 0 rings (SSSR count). The molecule has 0 aromatic rings. The fourth-order valence-corrected chi connectivity index (χ4v) is 3.50. The molecule has 0 radical (unpaired) electrons. The van der Waals surface area contributed by atoms with Gasteiger partial charge in [-0.05, 0) is 38.5 Å². The molecule has 0 N–H and O–H groups in total. The summed E-state index contributed by atoms with van der Waals surface area (Å²) in [4.78, 5) is 21.3. The number of carbonyl (C=O) groups is 2. The molecule has 0 spiro atoms. The van der Waals surface area contributed by atoms with E-state index < -0.39 is 24.3 Å². The molecule has 30 heavy (non-hydrogen) atoms. The van der Waals surface area contributed by atoms with E-state index in [1.54, 1.807) is 0 Å². The standard InChI is InChI=1S/C24H44O4.2K/c1-2-3-4-5-6-7-8-9-10-11-12-13-14-15-16-17-18-19-20-22(24(27)28)21-23(25)26;;/h8-9,22H,2-7,10-21H2,1H3,(H,25,26)(H,27,28);;/q;2*+1/p-2/b9-8+;;. The third-order valence-electron chi connectivity index (χ3n) is 5.31. The van der Waals surface area contributed by atoms with E-state index in [1.807, 2.05) is 0 Å². The Balaban J connectivity index is -0.00000364. The van der Waals surface area contributed by atoms with Gasteiger partial charge in [0.2, 0.25) is 0 Å². The van der Waals surface area contributed by atoms with Gasteiger partial charge in [0.15, 0.2) is 0 Å². The maximum absolute atomic E-state index is 10.8. The Bertz CT molecular complexity index is 414. The number of allylic oxidation sites excluding steroid dienone is 2. The molecule has 0 heterocycles. The predicted molar refractivity (Wildman–Crippen MR) is 111 cm³/mol. The van der Waals surface area contributed by atoms with E-state index in [1.165, 1.54) is 83.5 Å². The van der Waals surface area contributed by atoms with Gasteiger partial charge in [0.1, 0.15) is 0 Å². The molecule has 1 atom stereocenters. The van der Waals surface area contributed by atoms with Crippen molar-refractivity contribution in [2.24, 2.45) is 5.92 Å². The molecule has 0 amide bonds. The molecule has 0 saturated heterocycles. The van der Waals surface area contributed by atoms with Crippen molar-refractivity contribution in [3.05, 3.63) is 12.2 Å². The smallest absolute Gasteiger partial charge is 0.550 e. The molecule has 0 aromatic carbocycles. The third kappa shape index (κ3) is 28.0. The van der Waals surface area contributed by atoms with Gasteiger partial charge < -0.3 is 19.8 Å². The SMILES string of the molecule is CCCCCCC/C=C/CCCCCCCCCCCC(CC(=O)[O-])C(=O)[O-].[K+].[K+].